The predicted molar refractivity (Wildman–Crippen MR) is 165 cm³/mol. The Balaban J connectivity index is 0.000000296. The number of piperazine rings is 1. The van der Waals surface area contributed by atoms with E-state index in [4.69, 9.17) is 16.9 Å². The predicted octanol–water partition coefficient (Wildman–Crippen LogP) is 4.83. The highest BCUT2D eigenvalue weighted by Gasteiger charge is 2.35. The summed E-state index contributed by atoms with van der Waals surface area (Å²) in [6.07, 6.45) is 10.6. The van der Waals surface area contributed by atoms with Crippen molar-refractivity contribution in [3.63, 3.8) is 0 Å². The van der Waals surface area contributed by atoms with Crippen LogP contribution in [0.2, 0.25) is 0 Å². The van der Waals surface area contributed by atoms with Gasteiger partial charge in [0.1, 0.15) is 29.1 Å². The van der Waals surface area contributed by atoms with E-state index in [1.165, 1.54) is 32.1 Å². The van der Waals surface area contributed by atoms with Crippen LogP contribution in [0.5, 0.6) is 6.01 Å². The largest absolute Gasteiger partial charge is 0.467 e. The number of hydrogen-bond acceptors (Lipinski definition) is 8. The van der Waals surface area contributed by atoms with Gasteiger partial charge < -0.3 is 20.7 Å². The Morgan fingerprint density at radius 2 is 1.86 bits per heavy atom. The van der Waals surface area contributed by atoms with Crippen LogP contribution in [0, 0.1) is 24.0 Å². The van der Waals surface area contributed by atoms with Crippen molar-refractivity contribution in [1.29, 1.82) is 0 Å². The number of halogens is 3. The van der Waals surface area contributed by atoms with Crippen LogP contribution in [0.3, 0.4) is 0 Å². The molecule has 4 saturated heterocycles. The number of nitrogen functional groups attached to an aromatic ring is 1. The van der Waals surface area contributed by atoms with E-state index in [1.54, 1.807) is 18.2 Å². The Labute approximate surface area is 253 Å². The second-order valence-corrected chi connectivity index (χ2v) is 12.1. The zero-order valence-corrected chi connectivity index (χ0v) is 24.5. The molecule has 4 fully saturated rings. The first kappa shape index (κ1) is 28.6. The average molecular weight is 602 g/mol. The molecule has 4 aliphatic rings. The number of anilines is 2. The third-order valence-electron chi connectivity index (χ3n) is 9.28. The Kier molecular flexibility index (Phi) is 7.42. The molecular formula is C33H34F3N7O. The Morgan fingerprint density at radius 3 is 2.59 bits per heavy atom. The van der Waals surface area contributed by atoms with Gasteiger partial charge in [-0.05, 0) is 62.9 Å². The molecule has 3 N–H and O–H groups in total. The molecule has 44 heavy (non-hydrogen) atoms. The number of nitrogens with two attached hydrogens (primary N) is 1. The third-order valence-corrected chi connectivity index (χ3v) is 9.28. The van der Waals surface area contributed by atoms with Crippen LogP contribution in [-0.2, 0) is 0 Å². The highest BCUT2D eigenvalue weighted by molar-refractivity contribution is 6.03. The zero-order chi connectivity index (χ0) is 30.5. The normalized spacial score (nSPS) is 24.3. The fraction of sp³-hybridized carbons (Fsp3) is 0.424. The van der Waals surface area contributed by atoms with Crippen molar-refractivity contribution < 1.29 is 17.9 Å². The molecule has 2 aromatic carbocycles. The first-order chi connectivity index (χ1) is 21.3. The lowest BCUT2D eigenvalue weighted by Gasteiger charge is -2.34. The summed E-state index contributed by atoms with van der Waals surface area (Å²) in [7, 11) is 1.42. The lowest BCUT2D eigenvalue weighted by molar-refractivity contribution is 0.292. The maximum absolute atomic E-state index is 16.2. The fourth-order valence-corrected chi connectivity index (χ4v) is 7.36. The molecule has 8 rings (SSSR count). The molecule has 8 nitrogen and oxygen atoms in total. The number of ether oxygens (including phenoxy) is 1. The summed E-state index contributed by atoms with van der Waals surface area (Å²) in [6, 6.07) is 9.10. The van der Waals surface area contributed by atoms with Gasteiger partial charge in [0.2, 0.25) is 0 Å². The molecule has 6 heterocycles. The minimum absolute atomic E-state index is 0.0123. The van der Waals surface area contributed by atoms with Gasteiger partial charge >= 0.3 is 6.01 Å². The molecule has 2 bridgehead atoms. The smallest absolute Gasteiger partial charge is 0.318 e. The number of rotatable bonds is 3. The van der Waals surface area contributed by atoms with Gasteiger partial charge in [-0.15, -0.1) is 6.42 Å². The van der Waals surface area contributed by atoms with Crippen LogP contribution in [0.15, 0.2) is 30.3 Å². The van der Waals surface area contributed by atoms with Gasteiger partial charge in [-0.3, -0.25) is 4.90 Å². The summed E-state index contributed by atoms with van der Waals surface area (Å²) in [4.78, 5) is 17.4. The first-order valence-electron chi connectivity index (χ1n) is 15.1. The number of hydrogen-bond donors (Lipinski definition) is 2. The van der Waals surface area contributed by atoms with Gasteiger partial charge in [-0.25, -0.2) is 18.2 Å². The summed E-state index contributed by atoms with van der Waals surface area (Å²) in [5.41, 5.74) is 6.83. The molecule has 0 spiro atoms. The molecule has 4 aromatic rings. The van der Waals surface area contributed by atoms with E-state index in [2.05, 4.69) is 36.0 Å². The number of terminal acetylenes is 1. The number of methoxy groups -OCH3 is 1. The number of fused-ring (bicyclic) bond motifs is 5. The molecule has 0 radical (unpaired) electrons. The van der Waals surface area contributed by atoms with E-state index in [9.17, 15) is 4.39 Å². The molecule has 0 saturated carbocycles. The molecule has 0 amide bonds. The molecule has 11 heteroatoms. The molecule has 4 atom stereocenters. The van der Waals surface area contributed by atoms with Crippen molar-refractivity contribution in [2.45, 2.75) is 56.4 Å². The maximum atomic E-state index is 16.2. The SMILES string of the molecule is C#Cc1cccc2nc(N)cc(-c3c(F)cc4c(N5CC6CCC(C5)N6)nc(OC)nc4c3F)c12.FC1CC2CCCN2C1. The third kappa shape index (κ3) is 5.06. The number of aromatic nitrogens is 3. The van der Waals surface area contributed by atoms with Crippen molar-refractivity contribution in [2.75, 3.05) is 43.9 Å². The van der Waals surface area contributed by atoms with E-state index in [0.29, 0.717) is 60.0 Å². The molecule has 0 aliphatic carbocycles. The lowest BCUT2D eigenvalue weighted by Crippen LogP contribution is -2.51. The maximum Gasteiger partial charge on any atom is 0.318 e. The molecular weight excluding hydrogens is 567 g/mol. The monoisotopic (exact) mass is 601 g/mol. The minimum Gasteiger partial charge on any atom is -0.467 e. The molecule has 228 valence electrons. The number of pyridine rings is 1. The van der Waals surface area contributed by atoms with E-state index < -0.39 is 17.8 Å². The van der Waals surface area contributed by atoms with Crippen LogP contribution in [0.25, 0.3) is 32.9 Å². The number of alkyl halides is 1. The van der Waals surface area contributed by atoms with Gasteiger partial charge in [-0.1, -0.05) is 12.0 Å². The van der Waals surface area contributed by atoms with Crippen molar-refractivity contribution in [1.82, 2.24) is 25.2 Å². The van der Waals surface area contributed by atoms with Gasteiger partial charge in [0.25, 0.3) is 0 Å². The second-order valence-electron chi connectivity index (χ2n) is 12.1. The summed E-state index contributed by atoms with van der Waals surface area (Å²) >= 11 is 0. The highest BCUT2D eigenvalue weighted by Crippen LogP contribution is 2.40. The number of nitrogens with zero attached hydrogens (tertiary/aromatic N) is 5. The van der Waals surface area contributed by atoms with Crippen LogP contribution < -0.4 is 20.7 Å². The second kappa shape index (κ2) is 11.4. The average Bonchev–Trinajstić information content (AvgIpc) is 3.70. The Bertz CT molecular complexity index is 1770. The van der Waals surface area contributed by atoms with E-state index in [0.717, 1.165) is 25.8 Å². The van der Waals surface area contributed by atoms with E-state index in [1.807, 2.05) is 0 Å². The van der Waals surface area contributed by atoms with Crippen molar-refractivity contribution in [3.05, 3.63) is 47.5 Å². The quantitative estimate of drug-likeness (QED) is 0.323. The van der Waals surface area contributed by atoms with Crippen LogP contribution >= 0.6 is 0 Å². The summed E-state index contributed by atoms with van der Waals surface area (Å²) in [6.45, 7) is 3.23. The summed E-state index contributed by atoms with van der Waals surface area (Å²) in [5.74, 6) is 1.56. The van der Waals surface area contributed by atoms with Crippen molar-refractivity contribution >= 4 is 33.4 Å². The lowest BCUT2D eigenvalue weighted by atomic mass is 9.95. The molecule has 4 aliphatic heterocycles. The molecule has 4 unspecified atom stereocenters. The van der Waals surface area contributed by atoms with Gasteiger partial charge in [0, 0.05) is 59.7 Å². The topological polar surface area (TPSA) is 92.4 Å². The van der Waals surface area contributed by atoms with Gasteiger partial charge in [0.05, 0.1) is 18.2 Å². The minimum atomic E-state index is -0.834. The Hall–Kier alpha value is -4.14. The van der Waals surface area contributed by atoms with Crippen LogP contribution in [-0.4, -0.2) is 77.4 Å². The zero-order valence-electron chi connectivity index (χ0n) is 24.5. The summed E-state index contributed by atoms with van der Waals surface area (Å²) < 4.78 is 49.9. The summed E-state index contributed by atoms with van der Waals surface area (Å²) in [5, 5.41) is 4.29. The number of nitrogens with one attached hydrogen (secondary N) is 1. The molecule has 2 aromatic heterocycles. The number of benzene rings is 2. The van der Waals surface area contributed by atoms with Gasteiger partial charge in [-0.2, -0.15) is 9.97 Å². The van der Waals surface area contributed by atoms with Crippen molar-refractivity contribution in [3.8, 4) is 29.5 Å². The van der Waals surface area contributed by atoms with Crippen LogP contribution in [0.1, 0.15) is 37.7 Å². The van der Waals surface area contributed by atoms with Crippen LogP contribution in [0.4, 0.5) is 24.8 Å². The Morgan fingerprint density at radius 1 is 1.07 bits per heavy atom. The highest BCUT2D eigenvalue weighted by atomic mass is 19.1. The van der Waals surface area contributed by atoms with Gasteiger partial charge in [0.15, 0.2) is 5.82 Å². The van der Waals surface area contributed by atoms with E-state index in [-0.39, 0.29) is 33.9 Å². The van der Waals surface area contributed by atoms with Crippen molar-refractivity contribution in [2.24, 2.45) is 0 Å². The van der Waals surface area contributed by atoms with E-state index >= 15 is 8.78 Å². The standard InChI is InChI=1S/C26H22F2N6O.C7H12FN/c1-3-13-5-4-6-19-21(13)16(10-20(29)31-19)22-18(27)9-17-24(23(22)28)32-26(35-2)33-25(17)34-11-14-7-8-15(12-34)30-14;8-6-4-7-2-1-3-9(7)5-6/h1,4-6,9-10,14-15,30H,7-8,11-12H2,2H3,(H2,29,31);6-7H,1-5H2. The first-order valence-corrected chi connectivity index (χ1v) is 15.1. The fourth-order valence-electron chi connectivity index (χ4n) is 7.36.